The maximum atomic E-state index is 10.0. The Kier molecular flexibility index (Phi) is 5.05. The number of rotatable bonds is 7. The van der Waals surface area contributed by atoms with E-state index in [1.165, 1.54) is 0 Å². The van der Waals surface area contributed by atoms with Crippen LogP contribution in [0, 0.1) is 0 Å². The molecule has 2 heterocycles. The van der Waals surface area contributed by atoms with Crippen LogP contribution in [0.4, 0.5) is 5.69 Å². The molecule has 0 aliphatic heterocycles. The van der Waals surface area contributed by atoms with Gasteiger partial charge in [0.05, 0.1) is 17.5 Å². The molecule has 0 fully saturated rings. The number of hydrogen-bond donors (Lipinski definition) is 1. The van der Waals surface area contributed by atoms with Gasteiger partial charge in [0.15, 0.2) is 0 Å². The molecule has 0 radical (unpaired) electrons. The van der Waals surface area contributed by atoms with Crippen molar-refractivity contribution in [2.75, 3.05) is 11.4 Å². The van der Waals surface area contributed by atoms with Crippen molar-refractivity contribution in [2.45, 2.75) is 26.0 Å². The molecule has 5 nitrogen and oxygen atoms in total. The third-order valence-corrected chi connectivity index (χ3v) is 4.41. The molecule has 2 aromatic heterocycles. The monoisotopic (exact) mass is 329 g/mol. The Morgan fingerprint density at radius 3 is 2.70 bits per heavy atom. The Bertz CT molecular complexity index is 713. The van der Waals surface area contributed by atoms with Crippen molar-refractivity contribution < 1.29 is 9.52 Å². The Hall–Kier alpha value is -2.18. The number of anilines is 1. The highest BCUT2D eigenvalue weighted by atomic mass is 32.1. The Labute approximate surface area is 139 Å². The molecule has 0 amide bonds. The molecule has 0 spiro atoms. The number of aliphatic hydroxyl groups is 1. The van der Waals surface area contributed by atoms with E-state index in [1.54, 1.807) is 11.3 Å². The van der Waals surface area contributed by atoms with Gasteiger partial charge >= 0.3 is 0 Å². The zero-order valence-electron chi connectivity index (χ0n) is 12.9. The first-order chi connectivity index (χ1) is 11.3. The third kappa shape index (κ3) is 3.97. The summed E-state index contributed by atoms with van der Waals surface area (Å²) in [7, 11) is 0. The van der Waals surface area contributed by atoms with Gasteiger partial charge in [0.1, 0.15) is 0 Å². The van der Waals surface area contributed by atoms with Crippen molar-refractivity contribution in [1.29, 1.82) is 0 Å². The minimum absolute atomic E-state index is 0.394. The lowest BCUT2D eigenvalue weighted by atomic mass is 10.2. The van der Waals surface area contributed by atoms with Crippen molar-refractivity contribution in [3.63, 3.8) is 0 Å². The van der Waals surface area contributed by atoms with Crippen LogP contribution in [-0.4, -0.2) is 28.0 Å². The van der Waals surface area contributed by atoms with E-state index in [1.807, 2.05) is 54.8 Å². The van der Waals surface area contributed by atoms with Gasteiger partial charge in [-0.2, -0.15) is 0 Å². The van der Waals surface area contributed by atoms with Crippen LogP contribution in [0.1, 0.15) is 19.2 Å². The first-order valence-corrected chi connectivity index (χ1v) is 8.48. The van der Waals surface area contributed by atoms with Gasteiger partial charge in [-0.1, -0.05) is 31.2 Å². The summed E-state index contributed by atoms with van der Waals surface area (Å²) in [6, 6.07) is 13.9. The number of para-hydroxylation sites is 1. The van der Waals surface area contributed by atoms with E-state index in [9.17, 15) is 5.11 Å². The smallest absolute Gasteiger partial charge is 0.257 e. The summed E-state index contributed by atoms with van der Waals surface area (Å²) in [6.07, 6.45) is 0.308. The molecule has 23 heavy (non-hydrogen) atoms. The lowest BCUT2D eigenvalue weighted by Crippen LogP contribution is -2.31. The van der Waals surface area contributed by atoms with E-state index in [2.05, 4.69) is 15.1 Å². The summed E-state index contributed by atoms with van der Waals surface area (Å²) < 4.78 is 5.76. The van der Waals surface area contributed by atoms with E-state index in [4.69, 9.17) is 4.42 Å². The highest BCUT2D eigenvalue weighted by Gasteiger charge is 2.16. The Morgan fingerprint density at radius 1 is 1.17 bits per heavy atom. The van der Waals surface area contributed by atoms with E-state index in [0.717, 1.165) is 10.6 Å². The molecule has 0 bridgehead atoms. The van der Waals surface area contributed by atoms with Crippen molar-refractivity contribution >= 4 is 17.0 Å². The van der Waals surface area contributed by atoms with E-state index >= 15 is 0 Å². The molecule has 120 valence electrons. The molecule has 0 aliphatic rings. The topological polar surface area (TPSA) is 62.4 Å². The van der Waals surface area contributed by atoms with Crippen LogP contribution >= 0.6 is 11.3 Å². The molecule has 0 saturated heterocycles. The van der Waals surface area contributed by atoms with Gasteiger partial charge in [0.25, 0.3) is 5.89 Å². The predicted octanol–water partition coefficient (Wildman–Crippen LogP) is 3.58. The highest BCUT2D eigenvalue weighted by Crippen LogP contribution is 2.24. The molecule has 3 aromatic rings. The van der Waals surface area contributed by atoms with Gasteiger partial charge in [0, 0.05) is 12.2 Å². The number of hydrogen-bond acceptors (Lipinski definition) is 6. The predicted molar refractivity (Wildman–Crippen MR) is 91.4 cm³/mol. The van der Waals surface area contributed by atoms with Gasteiger partial charge < -0.3 is 14.4 Å². The van der Waals surface area contributed by atoms with E-state index in [-0.39, 0.29) is 0 Å². The fourth-order valence-electron chi connectivity index (χ4n) is 2.26. The molecule has 0 unspecified atom stereocenters. The first kappa shape index (κ1) is 15.7. The zero-order valence-corrected chi connectivity index (χ0v) is 13.7. The lowest BCUT2D eigenvalue weighted by molar-refractivity contribution is 0.174. The van der Waals surface area contributed by atoms with Crippen molar-refractivity contribution in [3.05, 3.63) is 53.7 Å². The van der Waals surface area contributed by atoms with Gasteiger partial charge in [-0.25, -0.2) is 0 Å². The summed E-state index contributed by atoms with van der Waals surface area (Å²) in [5.41, 5.74) is 1.02. The standard InChI is InChI=1S/C17H19N3O2S/c1-2-14(21)11-20(13-7-4-3-5-8-13)12-16-18-19-17(22-16)15-9-6-10-23-15/h3-10,14,21H,2,11-12H2,1H3/t14-/m1/s1. The summed E-state index contributed by atoms with van der Waals surface area (Å²) in [4.78, 5) is 3.02. The minimum atomic E-state index is -0.394. The average molecular weight is 329 g/mol. The van der Waals surface area contributed by atoms with Gasteiger partial charge in [-0.3, -0.25) is 0 Å². The second-order valence-corrected chi connectivity index (χ2v) is 6.20. The van der Waals surface area contributed by atoms with Crippen LogP contribution in [0.5, 0.6) is 0 Å². The third-order valence-electron chi connectivity index (χ3n) is 3.55. The lowest BCUT2D eigenvalue weighted by Gasteiger charge is -2.25. The molecule has 1 atom stereocenters. The zero-order chi connectivity index (χ0) is 16.1. The molecular formula is C17H19N3O2S. The van der Waals surface area contributed by atoms with Crippen LogP contribution in [0.3, 0.4) is 0 Å². The van der Waals surface area contributed by atoms with Crippen molar-refractivity contribution in [2.24, 2.45) is 0 Å². The van der Waals surface area contributed by atoms with Crippen LogP contribution in [0.15, 0.2) is 52.3 Å². The molecule has 0 saturated carbocycles. The first-order valence-electron chi connectivity index (χ1n) is 7.60. The fourth-order valence-corrected chi connectivity index (χ4v) is 2.91. The second kappa shape index (κ2) is 7.39. The normalized spacial score (nSPS) is 12.3. The van der Waals surface area contributed by atoms with E-state index < -0.39 is 6.10 Å². The number of aliphatic hydroxyl groups excluding tert-OH is 1. The summed E-state index contributed by atoms with van der Waals surface area (Å²) in [5.74, 6) is 1.08. The number of thiophene rings is 1. The highest BCUT2D eigenvalue weighted by molar-refractivity contribution is 7.13. The van der Waals surface area contributed by atoms with Crippen LogP contribution in [-0.2, 0) is 6.54 Å². The van der Waals surface area contributed by atoms with E-state index in [0.29, 0.717) is 31.3 Å². The molecule has 0 aliphatic carbocycles. The molecular weight excluding hydrogens is 310 g/mol. The van der Waals surface area contributed by atoms with Crippen molar-refractivity contribution in [1.82, 2.24) is 10.2 Å². The largest absolute Gasteiger partial charge is 0.418 e. The van der Waals surface area contributed by atoms with Gasteiger partial charge in [0.2, 0.25) is 5.89 Å². The van der Waals surface area contributed by atoms with Crippen LogP contribution < -0.4 is 4.90 Å². The number of nitrogens with zero attached hydrogens (tertiary/aromatic N) is 3. The maximum Gasteiger partial charge on any atom is 0.257 e. The summed E-state index contributed by atoms with van der Waals surface area (Å²) in [5, 5.41) is 20.2. The quantitative estimate of drug-likeness (QED) is 0.718. The second-order valence-electron chi connectivity index (χ2n) is 5.26. The SMILES string of the molecule is CC[C@@H](O)CN(Cc1nnc(-c2cccs2)o1)c1ccccc1. The average Bonchev–Trinajstić information content (AvgIpc) is 3.26. The number of benzene rings is 1. The van der Waals surface area contributed by atoms with Gasteiger partial charge in [-0.05, 0) is 30.0 Å². The molecule has 1 aromatic carbocycles. The fraction of sp³-hybridized carbons (Fsp3) is 0.294. The summed E-state index contributed by atoms with van der Waals surface area (Å²) >= 11 is 1.57. The summed E-state index contributed by atoms with van der Waals surface area (Å²) in [6.45, 7) is 2.96. The minimum Gasteiger partial charge on any atom is -0.418 e. The van der Waals surface area contributed by atoms with Crippen molar-refractivity contribution in [3.8, 4) is 10.8 Å². The molecule has 1 N–H and O–H groups in total. The van der Waals surface area contributed by atoms with Crippen LogP contribution in [0.25, 0.3) is 10.8 Å². The number of aromatic nitrogens is 2. The van der Waals surface area contributed by atoms with Gasteiger partial charge in [-0.15, -0.1) is 21.5 Å². The Balaban J connectivity index is 1.78. The maximum absolute atomic E-state index is 10.0. The molecule has 6 heteroatoms. The molecule has 3 rings (SSSR count). The Morgan fingerprint density at radius 2 is 2.00 bits per heavy atom. The van der Waals surface area contributed by atoms with Crippen LogP contribution in [0.2, 0.25) is 0 Å².